The van der Waals surface area contributed by atoms with Crippen molar-refractivity contribution >= 4 is 5.82 Å². The molecule has 0 aliphatic carbocycles. The Morgan fingerprint density at radius 1 is 1.21 bits per heavy atom. The maximum atomic E-state index is 12.4. The summed E-state index contributed by atoms with van der Waals surface area (Å²) < 4.78 is 1.90. The first kappa shape index (κ1) is 14.1. The fraction of sp³-hybridized carbons (Fsp3) is 0.667. The van der Waals surface area contributed by atoms with Gasteiger partial charge in [-0.05, 0) is 31.2 Å². The zero-order chi connectivity index (χ0) is 14.2. The monoisotopic (exact) mass is 263 g/mol. The summed E-state index contributed by atoms with van der Waals surface area (Å²) in [5.41, 5.74) is 8.54. The molecule has 1 aliphatic rings. The number of nitrogens with zero attached hydrogens (tertiary/aromatic N) is 2. The van der Waals surface area contributed by atoms with Gasteiger partial charge in [-0.2, -0.15) is 0 Å². The number of hydrogen-bond acceptors (Lipinski definition) is 3. The lowest BCUT2D eigenvalue weighted by molar-refractivity contribution is 0.626. The van der Waals surface area contributed by atoms with Gasteiger partial charge in [-0.3, -0.25) is 9.36 Å². The average molecular weight is 263 g/mol. The van der Waals surface area contributed by atoms with Gasteiger partial charge in [0.25, 0.3) is 5.56 Å². The molecule has 0 fully saturated rings. The zero-order valence-corrected chi connectivity index (χ0v) is 12.4. The molecule has 1 atom stereocenters. The average Bonchev–Trinajstić information content (AvgIpc) is 2.51. The second-order valence-corrected chi connectivity index (χ2v) is 5.90. The van der Waals surface area contributed by atoms with Crippen LogP contribution in [0.2, 0.25) is 0 Å². The van der Waals surface area contributed by atoms with E-state index in [0.29, 0.717) is 5.92 Å². The maximum Gasteiger partial charge on any atom is 0.252 e. The summed E-state index contributed by atoms with van der Waals surface area (Å²) in [6.45, 7) is 8.03. The SMILES string of the molecule is CC(C)c1cc(=O)n2c(c1C(C)N)N(C)CCCC2. The lowest BCUT2D eigenvalue weighted by Crippen LogP contribution is -2.31. The van der Waals surface area contributed by atoms with Crippen LogP contribution in [0.15, 0.2) is 10.9 Å². The van der Waals surface area contributed by atoms with Crippen molar-refractivity contribution < 1.29 is 0 Å². The van der Waals surface area contributed by atoms with Gasteiger partial charge in [-0.1, -0.05) is 13.8 Å². The minimum Gasteiger partial charge on any atom is -0.361 e. The second-order valence-electron chi connectivity index (χ2n) is 5.90. The number of anilines is 1. The molecule has 0 bridgehead atoms. The molecule has 1 aromatic rings. The fourth-order valence-corrected chi connectivity index (χ4v) is 2.96. The highest BCUT2D eigenvalue weighted by Gasteiger charge is 2.23. The van der Waals surface area contributed by atoms with E-state index in [9.17, 15) is 4.79 Å². The molecule has 2 N–H and O–H groups in total. The number of rotatable bonds is 2. The number of aromatic nitrogens is 1. The molecule has 2 heterocycles. The molecule has 0 aromatic carbocycles. The van der Waals surface area contributed by atoms with Crippen molar-refractivity contribution in [2.24, 2.45) is 5.73 Å². The summed E-state index contributed by atoms with van der Waals surface area (Å²) in [6, 6.07) is 1.73. The predicted molar refractivity (Wildman–Crippen MR) is 79.9 cm³/mol. The fourth-order valence-electron chi connectivity index (χ4n) is 2.96. The van der Waals surface area contributed by atoms with E-state index in [-0.39, 0.29) is 11.6 Å². The standard InChI is InChI=1S/C15H25N3O/c1-10(2)12-9-13(19)18-8-6-5-7-17(4)15(18)14(12)11(3)16/h9-11H,5-8,16H2,1-4H3. The van der Waals surface area contributed by atoms with Crippen molar-refractivity contribution in [3.8, 4) is 0 Å². The largest absolute Gasteiger partial charge is 0.361 e. The molecule has 0 spiro atoms. The van der Waals surface area contributed by atoms with Crippen LogP contribution in [-0.2, 0) is 6.54 Å². The van der Waals surface area contributed by atoms with Crippen molar-refractivity contribution in [1.82, 2.24) is 4.57 Å². The molecule has 0 amide bonds. The first-order chi connectivity index (χ1) is 8.93. The first-order valence-corrected chi connectivity index (χ1v) is 7.17. The maximum absolute atomic E-state index is 12.4. The van der Waals surface area contributed by atoms with Gasteiger partial charge in [0.05, 0.1) is 0 Å². The Morgan fingerprint density at radius 2 is 1.84 bits per heavy atom. The van der Waals surface area contributed by atoms with Crippen molar-refractivity contribution in [3.05, 3.63) is 27.5 Å². The van der Waals surface area contributed by atoms with Gasteiger partial charge in [-0.25, -0.2) is 0 Å². The van der Waals surface area contributed by atoms with Crippen LogP contribution >= 0.6 is 0 Å². The van der Waals surface area contributed by atoms with E-state index in [4.69, 9.17) is 5.73 Å². The van der Waals surface area contributed by atoms with Crippen molar-refractivity contribution in [3.63, 3.8) is 0 Å². The third kappa shape index (κ3) is 2.54. The normalized spacial score (nSPS) is 17.3. The van der Waals surface area contributed by atoms with Gasteiger partial charge in [0, 0.05) is 37.8 Å². The smallest absolute Gasteiger partial charge is 0.252 e. The summed E-state index contributed by atoms with van der Waals surface area (Å²) in [6.07, 6.45) is 2.17. The molecule has 1 unspecified atom stereocenters. The molecule has 0 saturated heterocycles. The Labute approximate surface area is 115 Å². The number of pyridine rings is 1. The lowest BCUT2D eigenvalue weighted by Gasteiger charge is -2.28. The molecule has 1 aliphatic heterocycles. The van der Waals surface area contributed by atoms with Crippen LogP contribution < -0.4 is 16.2 Å². The van der Waals surface area contributed by atoms with Crippen LogP contribution in [0.4, 0.5) is 5.82 Å². The minimum absolute atomic E-state index is 0.0557. The van der Waals surface area contributed by atoms with Gasteiger partial charge in [-0.15, -0.1) is 0 Å². The van der Waals surface area contributed by atoms with Crippen molar-refractivity contribution in [1.29, 1.82) is 0 Å². The Balaban J connectivity index is 2.77. The van der Waals surface area contributed by atoms with E-state index < -0.39 is 0 Å². The van der Waals surface area contributed by atoms with Crippen LogP contribution in [0.5, 0.6) is 0 Å². The first-order valence-electron chi connectivity index (χ1n) is 7.17. The van der Waals surface area contributed by atoms with Crippen LogP contribution in [0.25, 0.3) is 0 Å². The Kier molecular flexibility index (Phi) is 3.99. The quantitative estimate of drug-likeness (QED) is 0.890. The van der Waals surface area contributed by atoms with Crippen LogP contribution in [0.3, 0.4) is 0 Å². The van der Waals surface area contributed by atoms with Gasteiger partial charge >= 0.3 is 0 Å². The van der Waals surface area contributed by atoms with Crippen molar-refractivity contribution in [2.45, 2.75) is 52.1 Å². The predicted octanol–water partition coefficient (Wildman–Crippen LogP) is 2.22. The lowest BCUT2D eigenvalue weighted by atomic mass is 9.94. The van der Waals surface area contributed by atoms with Crippen LogP contribution in [-0.4, -0.2) is 18.2 Å². The Bertz CT molecular complexity index is 517. The molecule has 19 heavy (non-hydrogen) atoms. The van der Waals surface area contributed by atoms with E-state index in [1.54, 1.807) is 6.07 Å². The Morgan fingerprint density at radius 3 is 2.42 bits per heavy atom. The van der Waals surface area contributed by atoms with E-state index in [2.05, 4.69) is 25.8 Å². The summed E-state index contributed by atoms with van der Waals surface area (Å²) in [5.74, 6) is 1.35. The number of hydrogen-bond donors (Lipinski definition) is 1. The topological polar surface area (TPSA) is 51.3 Å². The van der Waals surface area contributed by atoms with Gasteiger partial charge in [0.15, 0.2) is 0 Å². The number of nitrogens with two attached hydrogens (primary N) is 1. The van der Waals surface area contributed by atoms with E-state index in [0.717, 1.165) is 42.9 Å². The Hall–Kier alpha value is -1.29. The molecule has 0 radical (unpaired) electrons. The van der Waals surface area contributed by atoms with Gasteiger partial charge < -0.3 is 10.6 Å². The van der Waals surface area contributed by atoms with Gasteiger partial charge in [0.2, 0.25) is 0 Å². The molecule has 4 heteroatoms. The zero-order valence-electron chi connectivity index (χ0n) is 12.4. The van der Waals surface area contributed by atoms with Crippen LogP contribution in [0, 0.1) is 0 Å². The third-order valence-corrected chi connectivity index (χ3v) is 3.92. The molecular formula is C15H25N3O. The molecule has 4 nitrogen and oxygen atoms in total. The van der Waals surface area contributed by atoms with Crippen molar-refractivity contribution in [2.75, 3.05) is 18.5 Å². The second kappa shape index (κ2) is 5.37. The molecule has 0 saturated carbocycles. The van der Waals surface area contributed by atoms with E-state index in [1.165, 1.54) is 0 Å². The molecular weight excluding hydrogens is 238 g/mol. The van der Waals surface area contributed by atoms with Gasteiger partial charge in [0.1, 0.15) is 5.82 Å². The summed E-state index contributed by atoms with van der Waals surface area (Å²) in [7, 11) is 2.06. The summed E-state index contributed by atoms with van der Waals surface area (Å²) >= 11 is 0. The molecule has 1 aromatic heterocycles. The summed E-state index contributed by atoms with van der Waals surface area (Å²) in [5, 5.41) is 0. The minimum atomic E-state index is -0.0557. The van der Waals surface area contributed by atoms with E-state index >= 15 is 0 Å². The molecule has 2 rings (SSSR count). The highest BCUT2D eigenvalue weighted by atomic mass is 16.1. The summed E-state index contributed by atoms with van der Waals surface area (Å²) in [4.78, 5) is 14.6. The van der Waals surface area contributed by atoms with Crippen LogP contribution in [0.1, 0.15) is 56.7 Å². The third-order valence-electron chi connectivity index (χ3n) is 3.92. The highest BCUT2D eigenvalue weighted by Crippen LogP contribution is 2.32. The van der Waals surface area contributed by atoms with E-state index in [1.807, 2.05) is 11.5 Å². The highest BCUT2D eigenvalue weighted by molar-refractivity contribution is 5.54. The number of fused-ring (bicyclic) bond motifs is 1. The molecule has 106 valence electrons.